The van der Waals surface area contributed by atoms with Gasteiger partial charge >= 0.3 is 6.16 Å². The molecule has 0 bridgehead atoms. The lowest BCUT2D eigenvalue weighted by atomic mass is 9.99. The van der Waals surface area contributed by atoms with Gasteiger partial charge in [-0.05, 0) is 25.7 Å². The van der Waals surface area contributed by atoms with Gasteiger partial charge in [0.15, 0.2) is 11.5 Å². The Morgan fingerprint density at radius 3 is 1.61 bits per heavy atom. The average molecular weight is 439 g/mol. The molecule has 0 aliphatic rings. The quantitative estimate of drug-likeness (QED) is 0.151. The highest BCUT2D eigenvalue weighted by molar-refractivity contribution is 5.72. The van der Waals surface area contributed by atoms with Crippen LogP contribution in [0.15, 0.2) is 0 Å². The highest BCUT2D eigenvalue weighted by Crippen LogP contribution is 2.50. The van der Waals surface area contributed by atoms with Crippen LogP contribution in [0.3, 0.4) is 0 Å². The summed E-state index contributed by atoms with van der Waals surface area (Å²) in [6.07, 6.45) is 10.6. The second-order valence-electron chi connectivity index (χ2n) is 7.89. The lowest BCUT2D eigenvalue weighted by molar-refractivity contribution is 0.139. The topological polar surface area (TPSA) is 85.2 Å². The van der Waals surface area contributed by atoms with E-state index in [4.69, 9.17) is 14.2 Å². The van der Waals surface area contributed by atoms with Crippen molar-refractivity contribution < 1.29 is 29.2 Å². The molecule has 1 aromatic carbocycles. The first-order valence-corrected chi connectivity index (χ1v) is 12.1. The zero-order valence-corrected chi connectivity index (χ0v) is 19.9. The summed E-state index contributed by atoms with van der Waals surface area (Å²) >= 11 is 0. The predicted octanol–water partition coefficient (Wildman–Crippen LogP) is 7.27. The van der Waals surface area contributed by atoms with Gasteiger partial charge in [-0.3, -0.25) is 0 Å². The standard InChI is InChI=1S/C25H42O6/c1-5-9-11-13-15-17-29-22-20(8-4)19(7-3)21(26)23(31-25(27)28)24(22)30-18-16-14-12-10-6-2/h26H,5-18H2,1-4H3,(H,27,28). The largest absolute Gasteiger partial charge is 0.511 e. The molecule has 2 N–H and O–H groups in total. The fourth-order valence-electron chi connectivity index (χ4n) is 3.74. The van der Waals surface area contributed by atoms with Crippen molar-refractivity contribution >= 4 is 6.16 Å². The molecule has 6 nitrogen and oxygen atoms in total. The van der Waals surface area contributed by atoms with Crippen LogP contribution < -0.4 is 14.2 Å². The SMILES string of the molecule is CCCCCCCOc1c(CC)c(CC)c(O)c(OC(=O)O)c1OCCCCCCC. The zero-order valence-electron chi connectivity index (χ0n) is 19.9. The van der Waals surface area contributed by atoms with Crippen molar-refractivity contribution in [2.75, 3.05) is 13.2 Å². The number of phenolic OH excluding ortho intramolecular Hbond substituents is 1. The summed E-state index contributed by atoms with van der Waals surface area (Å²) in [7, 11) is 0. The summed E-state index contributed by atoms with van der Waals surface area (Å²) in [5, 5.41) is 20.0. The molecular weight excluding hydrogens is 396 g/mol. The first-order chi connectivity index (χ1) is 15.0. The second-order valence-corrected chi connectivity index (χ2v) is 7.89. The number of rotatable bonds is 17. The number of carbonyl (C=O) groups is 1. The van der Waals surface area contributed by atoms with E-state index in [1.54, 1.807) is 0 Å². The van der Waals surface area contributed by atoms with Gasteiger partial charge in [-0.1, -0.05) is 79.1 Å². The predicted molar refractivity (Wildman–Crippen MR) is 124 cm³/mol. The highest BCUT2D eigenvalue weighted by atomic mass is 16.7. The fourth-order valence-corrected chi connectivity index (χ4v) is 3.74. The summed E-state index contributed by atoms with van der Waals surface area (Å²) in [5.41, 5.74) is 1.50. The third-order valence-electron chi connectivity index (χ3n) is 5.44. The Kier molecular flexibility index (Phi) is 13.6. The van der Waals surface area contributed by atoms with Gasteiger partial charge in [-0.2, -0.15) is 0 Å². The maximum absolute atomic E-state index is 11.3. The van der Waals surface area contributed by atoms with E-state index in [2.05, 4.69) is 13.8 Å². The van der Waals surface area contributed by atoms with E-state index >= 15 is 0 Å². The van der Waals surface area contributed by atoms with Crippen molar-refractivity contribution in [3.05, 3.63) is 11.1 Å². The van der Waals surface area contributed by atoms with Crippen molar-refractivity contribution in [2.24, 2.45) is 0 Å². The third kappa shape index (κ3) is 8.88. The van der Waals surface area contributed by atoms with E-state index in [0.29, 0.717) is 37.4 Å². The van der Waals surface area contributed by atoms with Crippen LogP contribution in [0.25, 0.3) is 0 Å². The Morgan fingerprint density at radius 2 is 1.16 bits per heavy atom. The monoisotopic (exact) mass is 438 g/mol. The first kappa shape index (κ1) is 26.9. The van der Waals surface area contributed by atoms with Crippen LogP contribution in [0.4, 0.5) is 4.79 Å². The van der Waals surface area contributed by atoms with E-state index in [0.717, 1.165) is 37.7 Å². The van der Waals surface area contributed by atoms with Gasteiger partial charge in [0.05, 0.1) is 13.2 Å². The summed E-state index contributed by atoms with van der Waals surface area (Å²) in [6, 6.07) is 0. The van der Waals surface area contributed by atoms with E-state index < -0.39 is 6.16 Å². The van der Waals surface area contributed by atoms with Gasteiger partial charge in [0.25, 0.3) is 0 Å². The lowest BCUT2D eigenvalue weighted by Crippen LogP contribution is -2.11. The molecule has 178 valence electrons. The van der Waals surface area contributed by atoms with E-state index in [1.807, 2.05) is 13.8 Å². The zero-order chi connectivity index (χ0) is 23.1. The van der Waals surface area contributed by atoms with Gasteiger partial charge in [-0.25, -0.2) is 4.79 Å². The van der Waals surface area contributed by atoms with Gasteiger partial charge in [0.1, 0.15) is 0 Å². The molecule has 0 aliphatic heterocycles. The number of aromatic hydroxyl groups is 1. The molecule has 1 rings (SSSR count). The number of benzene rings is 1. The normalized spacial score (nSPS) is 10.8. The minimum absolute atomic E-state index is 0.156. The molecular formula is C25H42O6. The highest BCUT2D eigenvalue weighted by Gasteiger charge is 2.27. The number of unbranched alkanes of at least 4 members (excludes halogenated alkanes) is 8. The van der Waals surface area contributed by atoms with E-state index in [9.17, 15) is 15.0 Å². The molecule has 0 amide bonds. The first-order valence-electron chi connectivity index (χ1n) is 12.1. The molecule has 0 radical (unpaired) electrons. The smallest absolute Gasteiger partial charge is 0.504 e. The molecule has 0 atom stereocenters. The fraction of sp³-hybridized carbons (Fsp3) is 0.720. The van der Waals surface area contributed by atoms with Crippen LogP contribution in [0.5, 0.6) is 23.0 Å². The minimum atomic E-state index is -1.49. The maximum atomic E-state index is 11.3. The van der Waals surface area contributed by atoms with Crippen molar-refractivity contribution in [1.29, 1.82) is 0 Å². The number of hydrogen-bond acceptors (Lipinski definition) is 5. The van der Waals surface area contributed by atoms with Gasteiger partial charge in [0, 0.05) is 11.1 Å². The molecule has 0 fully saturated rings. The van der Waals surface area contributed by atoms with Crippen LogP contribution in [-0.2, 0) is 12.8 Å². The van der Waals surface area contributed by atoms with Crippen LogP contribution in [-0.4, -0.2) is 29.6 Å². The van der Waals surface area contributed by atoms with E-state index in [1.165, 1.54) is 32.1 Å². The Bertz CT molecular complexity index is 656. The van der Waals surface area contributed by atoms with Crippen molar-refractivity contribution in [3.8, 4) is 23.0 Å². The molecule has 6 heteroatoms. The second kappa shape index (κ2) is 15.7. The van der Waals surface area contributed by atoms with Gasteiger partial charge in [-0.15, -0.1) is 0 Å². The van der Waals surface area contributed by atoms with Gasteiger partial charge < -0.3 is 24.4 Å². The van der Waals surface area contributed by atoms with Crippen LogP contribution in [0.2, 0.25) is 0 Å². The molecule has 31 heavy (non-hydrogen) atoms. The Morgan fingerprint density at radius 1 is 0.677 bits per heavy atom. The number of phenols is 1. The van der Waals surface area contributed by atoms with Crippen LogP contribution in [0.1, 0.15) is 103 Å². The molecule has 0 aliphatic carbocycles. The molecule has 0 saturated carbocycles. The number of hydrogen-bond donors (Lipinski definition) is 2. The summed E-state index contributed by atoms with van der Waals surface area (Å²) in [4.78, 5) is 11.3. The maximum Gasteiger partial charge on any atom is 0.511 e. The average Bonchev–Trinajstić information content (AvgIpc) is 2.75. The van der Waals surface area contributed by atoms with Crippen LogP contribution >= 0.6 is 0 Å². The van der Waals surface area contributed by atoms with Crippen molar-refractivity contribution in [1.82, 2.24) is 0 Å². The Labute approximate surface area is 187 Å². The lowest BCUT2D eigenvalue weighted by Gasteiger charge is -2.22. The molecule has 0 heterocycles. The third-order valence-corrected chi connectivity index (χ3v) is 5.44. The van der Waals surface area contributed by atoms with Crippen LogP contribution in [0, 0.1) is 0 Å². The molecule has 0 saturated heterocycles. The summed E-state index contributed by atoms with van der Waals surface area (Å²) in [5.74, 6) is 0.393. The summed E-state index contributed by atoms with van der Waals surface area (Å²) < 4.78 is 17.1. The molecule has 0 unspecified atom stereocenters. The molecule has 1 aromatic rings. The molecule has 0 aromatic heterocycles. The Balaban J connectivity index is 3.14. The van der Waals surface area contributed by atoms with Gasteiger partial charge in [0.2, 0.25) is 11.5 Å². The minimum Gasteiger partial charge on any atom is -0.504 e. The van der Waals surface area contributed by atoms with E-state index in [-0.39, 0.29) is 17.2 Å². The summed E-state index contributed by atoms with van der Waals surface area (Å²) in [6.45, 7) is 9.20. The van der Waals surface area contributed by atoms with Crippen molar-refractivity contribution in [3.63, 3.8) is 0 Å². The molecule has 0 spiro atoms. The Hall–Kier alpha value is -2.11. The number of carboxylic acid groups (broad SMARTS) is 1. The number of ether oxygens (including phenoxy) is 3. The van der Waals surface area contributed by atoms with Crippen molar-refractivity contribution in [2.45, 2.75) is 105 Å².